The van der Waals surface area contributed by atoms with Gasteiger partial charge in [0.1, 0.15) is 5.69 Å². The molecule has 1 aliphatic carbocycles. The lowest BCUT2D eigenvalue weighted by Crippen LogP contribution is -2.30. The van der Waals surface area contributed by atoms with Crippen LogP contribution in [0.25, 0.3) is 0 Å². The van der Waals surface area contributed by atoms with Gasteiger partial charge in [-0.1, -0.05) is 0 Å². The molecular formula is C12H10N2O3. The fourth-order valence-corrected chi connectivity index (χ4v) is 1.71. The first-order valence-electron chi connectivity index (χ1n) is 5.04. The van der Waals surface area contributed by atoms with Crippen molar-refractivity contribution in [2.45, 2.75) is 13.8 Å². The average molecular weight is 230 g/mol. The van der Waals surface area contributed by atoms with Crippen molar-refractivity contribution in [3.05, 3.63) is 40.9 Å². The number of hydrogen-bond acceptors (Lipinski definition) is 4. The zero-order chi connectivity index (χ0) is 12.6. The van der Waals surface area contributed by atoms with Gasteiger partial charge in [-0.15, -0.1) is 0 Å². The summed E-state index contributed by atoms with van der Waals surface area (Å²) in [5.74, 6) is -1.13. The summed E-state index contributed by atoms with van der Waals surface area (Å²) in [5.41, 5.74) is 1.09. The van der Waals surface area contributed by atoms with Gasteiger partial charge in [-0.2, -0.15) is 0 Å². The Balaban J connectivity index is 2.55. The van der Waals surface area contributed by atoms with E-state index in [0.29, 0.717) is 5.56 Å². The predicted molar refractivity (Wildman–Crippen MR) is 59.5 cm³/mol. The molecule has 86 valence electrons. The van der Waals surface area contributed by atoms with Crippen LogP contribution in [-0.4, -0.2) is 22.5 Å². The van der Waals surface area contributed by atoms with Gasteiger partial charge in [-0.3, -0.25) is 19.4 Å². The lowest BCUT2D eigenvalue weighted by Gasteiger charge is -2.15. The summed E-state index contributed by atoms with van der Waals surface area (Å²) in [4.78, 5) is 38.6. The largest absolute Gasteiger partial charge is 0.323 e. The standard InChI is InChI=1S/C12H10N2O3/c1-6-3-4-13-11-9(16)5-8(14-7(2)15)12(17)10(6)11/h3-5H,1-2H3,(H,14,15). The minimum absolute atomic E-state index is 0.00565. The predicted octanol–water partition coefficient (Wildman–Crippen LogP) is 0.789. The van der Waals surface area contributed by atoms with Crippen molar-refractivity contribution in [2.24, 2.45) is 0 Å². The summed E-state index contributed by atoms with van der Waals surface area (Å²) in [6.45, 7) is 3.01. The highest BCUT2D eigenvalue weighted by molar-refractivity contribution is 6.24. The number of nitrogens with zero attached hydrogens (tertiary/aromatic N) is 1. The second kappa shape index (κ2) is 3.93. The number of fused-ring (bicyclic) bond motifs is 1. The maximum atomic E-state index is 12.0. The minimum Gasteiger partial charge on any atom is -0.323 e. The number of amides is 1. The molecule has 5 nitrogen and oxygen atoms in total. The minimum atomic E-state index is -0.387. The Morgan fingerprint density at radius 3 is 2.71 bits per heavy atom. The Kier molecular flexibility index (Phi) is 2.59. The van der Waals surface area contributed by atoms with Gasteiger partial charge in [-0.05, 0) is 18.6 Å². The third kappa shape index (κ3) is 1.87. The molecule has 0 fully saturated rings. The summed E-state index contributed by atoms with van der Waals surface area (Å²) in [7, 11) is 0. The Morgan fingerprint density at radius 1 is 1.35 bits per heavy atom. The van der Waals surface area contributed by atoms with Gasteiger partial charge in [0.15, 0.2) is 0 Å². The number of aromatic nitrogens is 1. The maximum absolute atomic E-state index is 12.0. The maximum Gasteiger partial charge on any atom is 0.221 e. The molecule has 0 radical (unpaired) electrons. The zero-order valence-electron chi connectivity index (χ0n) is 9.40. The summed E-state index contributed by atoms with van der Waals surface area (Å²) in [6, 6.07) is 1.65. The first-order valence-corrected chi connectivity index (χ1v) is 5.04. The molecule has 1 aliphatic rings. The number of allylic oxidation sites excluding steroid dienone is 2. The highest BCUT2D eigenvalue weighted by Crippen LogP contribution is 2.21. The SMILES string of the molecule is CC(=O)NC1=CC(=O)c2nccc(C)c2C1=O. The van der Waals surface area contributed by atoms with Crippen LogP contribution < -0.4 is 5.32 Å². The normalized spacial score (nSPS) is 14.1. The van der Waals surface area contributed by atoms with E-state index in [4.69, 9.17) is 0 Å². The van der Waals surface area contributed by atoms with Crippen molar-refractivity contribution in [1.82, 2.24) is 10.3 Å². The van der Waals surface area contributed by atoms with Crippen molar-refractivity contribution in [1.29, 1.82) is 0 Å². The van der Waals surface area contributed by atoms with Crippen molar-refractivity contribution in [3.63, 3.8) is 0 Å². The molecule has 0 spiro atoms. The molecule has 1 amide bonds. The van der Waals surface area contributed by atoms with Crippen molar-refractivity contribution >= 4 is 17.5 Å². The van der Waals surface area contributed by atoms with E-state index >= 15 is 0 Å². The van der Waals surface area contributed by atoms with Crippen LogP contribution >= 0.6 is 0 Å². The zero-order valence-corrected chi connectivity index (χ0v) is 9.40. The summed E-state index contributed by atoms with van der Waals surface area (Å²) in [5, 5.41) is 2.35. The number of pyridine rings is 1. The molecule has 0 saturated carbocycles. The fraction of sp³-hybridized carbons (Fsp3) is 0.167. The van der Waals surface area contributed by atoms with Gasteiger partial charge in [0.2, 0.25) is 17.5 Å². The second-order valence-electron chi connectivity index (χ2n) is 3.78. The van der Waals surface area contributed by atoms with Crippen LogP contribution in [-0.2, 0) is 4.79 Å². The highest BCUT2D eigenvalue weighted by Gasteiger charge is 2.28. The molecule has 1 heterocycles. The topological polar surface area (TPSA) is 76.1 Å². The molecule has 0 bridgehead atoms. The van der Waals surface area contributed by atoms with E-state index in [1.807, 2.05) is 0 Å². The van der Waals surface area contributed by atoms with E-state index in [-0.39, 0.29) is 34.4 Å². The summed E-state index contributed by atoms with van der Waals surface area (Å²) >= 11 is 0. The molecular weight excluding hydrogens is 220 g/mol. The highest BCUT2D eigenvalue weighted by atomic mass is 16.2. The van der Waals surface area contributed by atoms with Gasteiger partial charge >= 0.3 is 0 Å². The fourth-order valence-electron chi connectivity index (χ4n) is 1.71. The molecule has 2 rings (SSSR count). The lowest BCUT2D eigenvalue weighted by atomic mass is 9.93. The molecule has 17 heavy (non-hydrogen) atoms. The smallest absolute Gasteiger partial charge is 0.221 e. The van der Waals surface area contributed by atoms with Crippen LogP contribution in [0, 0.1) is 6.92 Å². The number of Topliss-reactive ketones (excluding diaryl/α,β-unsaturated/α-hetero) is 1. The first kappa shape index (κ1) is 11.2. The molecule has 0 aliphatic heterocycles. The van der Waals surface area contributed by atoms with Crippen molar-refractivity contribution < 1.29 is 14.4 Å². The van der Waals surface area contributed by atoms with E-state index in [0.717, 1.165) is 6.08 Å². The lowest BCUT2D eigenvalue weighted by molar-refractivity contribution is -0.118. The summed E-state index contributed by atoms with van der Waals surface area (Å²) in [6.07, 6.45) is 2.59. The molecule has 1 aromatic heterocycles. The van der Waals surface area contributed by atoms with E-state index in [1.54, 1.807) is 13.0 Å². The van der Waals surface area contributed by atoms with Crippen LogP contribution in [0.3, 0.4) is 0 Å². The molecule has 0 saturated heterocycles. The molecule has 0 unspecified atom stereocenters. The molecule has 0 aromatic carbocycles. The van der Waals surface area contributed by atoms with E-state index in [1.165, 1.54) is 13.1 Å². The van der Waals surface area contributed by atoms with Crippen molar-refractivity contribution in [2.75, 3.05) is 0 Å². The van der Waals surface area contributed by atoms with E-state index in [9.17, 15) is 14.4 Å². The van der Waals surface area contributed by atoms with Gasteiger partial charge in [0, 0.05) is 19.2 Å². The Labute approximate surface area is 97.5 Å². The van der Waals surface area contributed by atoms with Gasteiger partial charge in [0.25, 0.3) is 0 Å². The Morgan fingerprint density at radius 2 is 2.06 bits per heavy atom. The van der Waals surface area contributed by atoms with Gasteiger partial charge in [-0.25, -0.2) is 0 Å². The monoisotopic (exact) mass is 230 g/mol. The van der Waals surface area contributed by atoms with E-state index in [2.05, 4.69) is 10.3 Å². The summed E-state index contributed by atoms with van der Waals surface area (Å²) < 4.78 is 0. The van der Waals surface area contributed by atoms with Gasteiger partial charge in [0.05, 0.1) is 11.3 Å². The third-order valence-corrected chi connectivity index (χ3v) is 2.45. The Bertz CT molecular complexity index is 573. The number of ketones is 2. The number of carbonyl (C=O) groups is 3. The number of aryl methyl sites for hydroxylation is 1. The van der Waals surface area contributed by atoms with Crippen LogP contribution in [0.2, 0.25) is 0 Å². The van der Waals surface area contributed by atoms with Crippen molar-refractivity contribution in [3.8, 4) is 0 Å². The van der Waals surface area contributed by atoms with Crippen LogP contribution in [0.4, 0.5) is 0 Å². The number of carbonyl (C=O) groups excluding carboxylic acids is 3. The molecule has 1 aromatic rings. The second-order valence-corrected chi connectivity index (χ2v) is 3.78. The average Bonchev–Trinajstić information content (AvgIpc) is 2.24. The first-order chi connectivity index (χ1) is 8.00. The number of rotatable bonds is 1. The number of hydrogen-bond donors (Lipinski definition) is 1. The molecule has 0 atom stereocenters. The number of nitrogens with one attached hydrogen (secondary N) is 1. The van der Waals surface area contributed by atoms with Crippen LogP contribution in [0.5, 0.6) is 0 Å². The third-order valence-electron chi connectivity index (χ3n) is 2.45. The van der Waals surface area contributed by atoms with E-state index < -0.39 is 0 Å². The Hall–Kier alpha value is -2.30. The van der Waals surface area contributed by atoms with Crippen LogP contribution in [0.1, 0.15) is 33.3 Å². The van der Waals surface area contributed by atoms with Gasteiger partial charge < -0.3 is 5.32 Å². The molecule has 5 heteroatoms. The quantitative estimate of drug-likeness (QED) is 0.773. The molecule has 1 N–H and O–H groups in total. The van der Waals surface area contributed by atoms with Crippen LogP contribution in [0.15, 0.2) is 24.0 Å².